The summed E-state index contributed by atoms with van der Waals surface area (Å²) >= 11 is 0. The van der Waals surface area contributed by atoms with Gasteiger partial charge in [0.25, 0.3) is 0 Å². The fourth-order valence-electron chi connectivity index (χ4n) is 18.6. The van der Waals surface area contributed by atoms with Crippen molar-refractivity contribution >= 4 is 167 Å². The number of nitrogens with zero attached hydrogens (tertiary/aromatic N) is 12. The van der Waals surface area contributed by atoms with Crippen LogP contribution >= 0.6 is 0 Å². The van der Waals surface area contributed by atoms with Crippen molar-refractivity contribution in [1.82, 2.24) is 24.7 Å². The van der Waals surface area contributed by atoms with Crippen LogP contribution in [0.2, 0.25) is 0 Å². The van der Waals surface area contributed by atoms with Crippen molar-refractivity contribution in [2.24, 2.45) is 0 Å². The third-order valence-electron chi connectivity index (χ3n) is 25.1. The highest BCUT2D eigenvalue weighted by Gasteiger charge is 2.41. The molecule has 0 bridgehead atoms. The van der Waals surface area contributed by atoms with Gasteiger partial charge in [-0.2, -0.15) is 0 Å². The van der Waals surface area contributed by atoms with Crippen LogP contribution in [0.5, 0.6) is 0 Å². The van der Waals surface area contributed by atoms with Gasteiger partial charge in [0.05, 0.1) is 42.6 Å². The van der Waals surface area contributed by atoms with E-state index < -0.39 is 12.0 Å². The summed E-state index contributed by atoms with van der Waals surface area (Å²) in [5.41, 5.74) is 24.3. The molecule has 23 rings (SSSR count). The number of hydrogen-bond acceptors (Lipinski definition) is 17. The average molecular weight is 1650 g/mol. The van der Waals surface area contributed by atoms with Crippen LogP contribution in [0.15, 0.2) is 308 Å². The highest BCUT2D eigenvalue weighted by molar-refractivity contribution is 6.15. The second-order valence-electron chi connectivity index (χ2n) is 32.9. The van der Waals surface area contributed by atoms with Gasteiger partial charge in [-0.1, -0.05) is 197 Å². The summed E-state index contributed by atoms with van der Waals surface area (Å²) < 4.78 is 47.9. The predicted octanol–water partition coefficient (Wildman–Crippen LogP) is 28.4. The van der Waals surface area contributed by atoms with E-state index in [1.54, 1.807) is 12.4 Å². The molecule has 0 spiro atoms. The van der Waals surface area contributed by atoms with Gasteiger partial charge in [0.1, 0.15) is 58.7 Å². The van der Waals surface area contributed by atoms with E-state index >= 15 is 0 Å². The number of para-hydroxylation sites is 8. The summed E-state index contributed by atoms with van der Waals surface area (Å²) in [6.07, 6.45) is 16.5. The Morgan fingerprint density at radius 2 is 0.589 bits per heavy atom. The van der Waals surface area contributed by atoms with Gasteiger partial charge in [-0.05, 0) is 179 Å². The van der Waals surface area contributed by atoms with E-state index in [0.717, 1.165) is 139 Å². The van der Waals surface area contributed by atoms with E-state index in [9.17, 15) is 0 Å². The molecule has 0 aliphatic carbocycles. The molecule has 5 aliphatic heterocycles. The van der Waals surface area contributed by atoms with E-state index in [2.05, 4.69) is 292 Å². The van der Waals surface area contributed by atoms with Gasteiger partial charge < -0.3 is 66.2 Å². The number of furan rings is 5. The molecule has 5 aliphatic rings. The molecule has 11 heterocycles. The quantitative estimate of drug-likeness (QED) is 0.143. The number of benzene rings is 12. The lowest BCUT2D eigenvalue weighted by Gasteiger charge is -2.33. The lowest BCUT2D eigenvalue weighted by molar-refractivity contribution is 0.263. The highest BCUT2D eigenvalue weighted by atomic mass is 16.3. The maximum absolute atomic E-state index is 8.34. The van der Waals surface area contributed by atoms with E-state index in [-0.39, 0.29) is 39.5 Å². The second kappa shape index (κ2) is 33.1. The fourth-order valence-corrected chi connectivity index (χ4v) is 18.6. The van der Waals surface area contributed by atoms with Crippen molar-refractivity contribution in [3.8, 4) is 0 Å². The Morgan fingerprint density at radius 3 is 0.935 bits per heavy atom. The normalized spacial score (nSPS) is 17.4. The molecule has 5 unspecified atom stereocenters. The largest absolute Gasteiger partial charge is 0.454 e. The molecule has 0 saturated carbocycles. The molecule has 5 atom stereocenters. The van der Waals surface area contributed by atoms with Crippen LogP contribution in [0.1, 0.15) is 108 Å². The number of aromatic nitrogens is 2. The van der Waals surface area contributed by atoms with Crippen molar-refractivity contribution in [2.45, 2.75) is 155 Å². The Morgan fingerprint density at radius 1 is 0.290 bits per heavy atom. The Bertz CT molecular complexity index is 7090. The van der Waals surface area contributed by atoms with Crippen molar-refractivity contribution in [3.63, 3.8) is 0 Å². The number of hydrogen-bond donors (Lipinski definition) is 0. The average Bonchev–Trinajstić information content (AvgIpc) is 1.56. The summed E-state index contributed by atoms with van der Waals surface area (Å²) in [5, 5.41) is 11.5. The molecule has 12 aromatic carbocycles. The van der Waals surface area contributed by atoms with Crippen molar-refractivity contribution in [1.29, 1.82) is 0 Å². The van der Waals surface area contributed by atoms with Gasteiger partial charge in [-0.25, -0.2) is 9.97 Å². The zero-order valence-corrected chi connectivity index (χ0v) is 71.9. The maximum atomic E-state index is 8.34. The first-order valence-corrected chi connectivity index (χ1v) is 42.1. The standard InChI is InChI=1S/C25H20N4O.C22H20N2O.2C20H22N2O.C18H18N2O.2CH4/c1-16-12-13-20-19-10-6-7-11-21(19)30-23(20)22(16)29-17(2)28(18-8-4-3-5-9-18)24-25(29)27-15-14-26-24;1-14-12-13-17-16-8-4-7-11-20(16)25-22(17)21(14)24-15(2)23(3)18-9-5-6-10-19(18)24;2*1-13(2)21-11-12-22(15(21)4)19-14(3)9-10-17-16-7-5-6-8-18(16)23-20(17)19;1-12-8-9-15-14-6-4-5-7-16(14)21-18(15)17(12)20-11-10-19(3)13(20)2;;/h3-15,17H,1-2H3;4-13,15H,1-3H3;2*5-13,15H,1-4H3;4-11,13H,1-3H3;2*1H4/i;;2*13D;;;. The van der Waals surface area contributed by atoms with Gasteiger partial charge in [-0.3, -0.25) is 4.90 Å². The third-order valence-corrected chi connectivity index (χ3v) is 25.1. The highest BCUT2D eigenvalue weighted by Crippen LogP contribution is 2.52. The van der Waals surface area contributed by atoms with Crippen molar-refractivity contribution in [3.05, 3.63) is 314 Å². The summed E-state index contributed by atoms with van der Waals surface area (Å²) in [5.74, 6) is 1.69. The lowest BCUT2D eigenvalue weighted by atomic mass is 10.1. The molecule has 0 N–H and O–H groups in total. The Hall–Kier alpha value is -14.1. The number of fused-ring (bicyclic) bond motifs is 17. The van der Waals surface area contributed by atoms with Gasteiger partial charge >= 0.3 is 0 Å². The first-order chi connectivity index (χ1) is 59.8. The minimum atomic E-state index is -0.666. The molecule has 0 saturated heterocycles. The summed E-state index contributed by atoms with van der Waals surface area (Å²) in [4.78, 5) is 31.6. The summed E-state index contributed by atoms with van der Waals surface area (Å²) in [6, 6.07) is 80.1. The number of anilines is 10. The molecule has 0 amide bonds. The molecular weight excluding hydrogens is 1530 g/mol. The molecule has 628 valence electrons. The minimum Gasteiger partial charge on any atom is -0.454 e. The van der Waals surface area contributed by atoms with Gasteiger partial charge in [0.15, 0.2) is 39.6 Å². The molecule has 18 aromatic rings. The van der Waals surface area contributed by atoms with E-state index in [0.29, 0.717) is 6.17 Å². The SMILES string of the molecule is C.C.Cc1ccc2c(oc3ccccc32)c1N1C=CN(C)C1C.Cc1ccc2c(oc3ccccc32)c1N1c2ccccc2N(C)C1C.Cc1ccc2c(oc3ccccc32)c1N1c2nccnc2N(c2ccccc2)C1C.[2H]C(C)(C)N1C=CN(c2c(C)ccc3c2oc2ccccc23)C1C.[2H]C(C)(C)N1C=CN(c2c(C)ccc3c2oc2ccccc23)C1C. The molecule has 0 radical (unpaired) electrons. The monoisotopic (exact) mass is 1640 g/mol. The predicted molar refractivity (Wildman–Crippen MR) is 519 cm³/mol. The molecular formula is C107H110N12O5. The van der Waals surface area contributed by atoms with Crippen LogP contribution in [0.3, 0.4) is 0 Å². The number of aryl methyl sites for hydroxylation is 5. The Balaban J connectivity index is 0.000000111. The van der Waals surface area contributed by atoms with Crippen LogP contribution < -0.4 is 34.3 Å². The van der Waals surface area contributed by atoms with E-state index in [1.165, 1.54) is 55.2 Å². The van der Waals surface area contributed by atoms with Gasteiger partial charge in [0, 0.05) is 135 Å². The zero-order valence-electron chi connectivity index (χ0n) is 73.9. The van der Waals surface area contributed by atoms with Crippen LogP contribution in [0.4, 0.5) is 57.1 Å². The summed E-state index contributed by atoms with van der Waals surface area (Å²) in [6.45, 7) is 29.1. The third kappa shape index (κ3) is 13.8. The summed E-state index contributed by atoms with van der Waals surface area (Å²) in [7, 11) is 4.24. The van der Waals surface area contributed by atoms with Crippen LogP contribution in [0.25, 0.3) is 110 Å². The first kappa shape index (κ1) is 79.7. The van der Waals surface area contributed by atoms with Crippen LogP contribution in [0, 0.1) is 34.6 Å². The van der Waals surface area contributed by atoms with E-state index in [4.69, 9.17) is 29.8 Å². The van der Waals surface area contributed by atoms with Crippen molar-refractivity contribution in [2.75, 3.05) is 48.4 Å². The maximum Gasteiger partial charge on any atom is 0.178 e. The minimum absolute atomic E-state index is 0. The van der Waals surface area contributed by atoms with Crippen LogP contribution in [-0.2, 0) is 0 Å². The Kier molecular flexibility index (Phi) is 21.3. The fraction of sp³-hybridized carbons (Fsp3) is 0.234. The van der Waals surface area contributed by atoms with Gasteiger partial charge in [0.2, 0.25) is 0 Å². The van der Waals surface area contributed by atoms with Gasteiger partial charge in [-0.15, -0.1) is 0 Å². The topological polar surface area (TPSA) is 124 Å². The molecule has 17 heteroatoms. The molecule has 6 aromatic heterocycles. The Labute approximate surface area is 729 Å². The van der Waals surface area contributed by atoms with Crippen LogP contribution in [-0.4, -0.2) is 81.6 Å². The number of rotatable bonds is 8. The molecule has 124 heavy (non-hydrogen) atoms. The smallest absolute Gasteiger partial charge is 0.178 e. The molecule has 0 fully saturated rings. The second-order valence-corrected chi connectivity index (χ2v) is 32.9. The van der Waals surface area contributed by atoms with Crippen molar-refractivity contribution < 1.29 is 24.8 Å². The molecule has 17 nitrogen and oxygen atoms in total. The first-order valence-electron chi connectivity index (χ1n) is 43.1. The van der Waals surface area contributed by atoms with E-state index in [1.807, 2.05) is 147 Å². The lowest BCUT2D eigenvalue weighted by Crippen LogP contribution is -2.39. The zero-order chi connectivity index (χ0) is 86.1.